The number of carbonyl (C=O) groups is 2. The molecule has 0 spiro atoms. The van der Waals surface area contributed by atoms with Crippen molar-refractivity contribution in [3.63, 3.8) is 0 Å². The van der Waals surface area contributed by atoms with Gasteiger partial charge in [0.2, 0.25) is 5.91 Å². The van der Waals surface area contributed by atoms with Gasteiger partial charge in [0.1, 0.15) is 0 Å². The summed E-state index contributed by atoms with van der Waals surface area (Å²) in [6.07, 6.45) is -0.341. The first-order valence-corrected chi connectivity index (χ1v) is 8.16. The molecule has 1 N–H and O–H groups in total. The second-order valence-electron chi connectivity index (χ2n) is 6.29. The molecule has 0 aliphatic carbocycles. The van der Waals surface area contributed by atoms with Crippen molar-refractivity contribution in [2.75, 3.05) is 13.1 Å². The van der Waals surface area contributed by atoms with Gasteiger partial charge in [0.05, 0.1) is 18.6 Å². The van der Waals surface area contributed by atoms with Crippen LogP contribution in [-0.4, -0.2) is 47.2 Å². The van der Waals surface area contributed by atoms with E-state index in [-0.39, 0.29) is 30.4 Å². The van der Waals surface area contributed by atoms with Crippen molar-refractivity contribution in [3.8, 4) is 0 Å². The minimum atomic E-state index is -1.02. The fourth-order valence-electron chi connectivity index (χ4n) is 3.08. The van der Waals surface area contributed by atoms with Crippen LogP contribution < -0.4 is 0 Å². The van der Waals surface area contributed by atoms with Crippen LogP contribution in [0, 0.1) is 5.92 Å². The standard InChI is InChI=1S/C18H25NO4/c1-4-12(2)16(14-8-6-5-7-9-14)17(20)19-10-13(3)23-15(11-19)18(21)22/h5-9,12-13,15-16H,4,10-11H2,1-3H3,(H,21,22)/t12?,13-,15?,16?/m1/s1. The van der Waals surface area contributed by atoms with E-state index < -0.39 is 12.1 Å². The molecule has 23 heavy (non-hydrogen) atoms. The first kappa shape index (κ1) is 17.5. The molecule has 2 rings (SSSR count). The van der Waals surface area contributed by atoms with Gasteiger partial charge in [0.15, 0.2) is 6.10 Å². The summed E-state index contributed by atoms with van der Waals surface area (Å²) in [5.41, 5.74) is 0.984. The summed E-state index contributed by atoms with van der Waals surface area (Å²) < 4.78 is 5.41. The number of hydrogen-bond acceptors (Lipinski definition) is 3. The Labute approximate surface area is 137 Å². The third-order valence-electron chi connectivity index (χ3n) is 4.49. The highest BCUT2D eigenvalue weighted by Crippen LogP contribution is 2.30. The van der Waals surface area contributed by atoms with E-state index in [1.807, 2.05) is 30.3 Å². The lowest BCUT2D eigenvalue weighted by atomic mass is 9.84. The zero-order valence-corrected chi connectivity index (χ0v) is 13.9. The molecular formula is C18H25NO4. The molecule has 1 aromatic carbocycles. The summed E-state index contributed by atoms with van der Waals surface area (Å²) in [4.78, 5) is 26.0. The number of carboxylic acids is 1. The van der Waals surface area contributed by atoms with Gasteiger partial charge in [-0.3, -0.25) is 4.79 Å². The Hall–Kier alpha value is -1.88. The summed E-state index contributed by atoms with van der Waals surface area (Å²) in [6.45, 7) is 6.47. The third-order valence-corrected chi connectivity index (χ3v) is 4.49. The third kappa shape index (κ3) is 4.10. The van der Waals surface area contributed by atoms with E-state index >= 15 is 0 Å². The van der Waals surface area contributed by atoms with Crippen molar-refractivity contribution in [2.24, 2.45) is 5.92 Å². The average Bonchev–Trinajstić information content (AvgIpc) is 2.55. The van der Waals surface area contributed by atoms with Crippen LogP contribution in [0.4, 0.5) is 0 Å². The van der Waals surface area contributed by atoms with Gasteiger partial charge in [0.25, 0.3) is 0 Å². The minimum absolute atomic E-state index is 0.00745. The van der Waals surface area contributed by atoms with Gasteiger partial charge in [-0.1, -0.05) is 50.6 Å². The van der Waals surface area contributed by atoms with Crippen molar-refractivity contribution in [3.05, 3.63) is 35.9 Å². The van der Waals surface area contributed by atoms with Crippen LogP contribution in [0.5, 0.6) is 0 Å². The van der Waals surface area contributed by atoms with Crippen molar-refractivity contribution in [1.29, 1.82) is 0 Å². The van der Waals surface area contributed by atoms with Crippen LogP contribution in [0.1, 0.15) is 38.7 Å². The normalized spacial score (nSPS) is 24.0. The molecule has 0 bridgehead atoms. The van der Waals surface area contributed by atoms with Crippen LogP contribution in [0.15, 0.2) is 30.3 Å². The number of carboxylic acid groups (broad SMARTS) is 1. The summed E-state index contributed by atoms with van der Waals surface area (Å²) in [6, 6.07) is 9.72. The van der Waals surface area contributed by atoms with E-state index in [1.54, 1.807) is 11.8 Å². The van der Waals surface area contributed by atoms with E-state index in [9.17, 15) is 14.7 Å². The van der Waals surface area contributed by atoms with Crippen molar-refractivity contribution in [2.45, 2.75) is 45.3 Å². The van der Waals surface area contributed by atoms with E-state index in [4.69, 9.17) is 4.74 Å². The predicted molar refractivity (Wildman–Crippen MR) is 87.2 cm³/mol. The van der Waals surface area contributed by atoms with Crippen LogP contribution in [0.2, 0.25) is 0 Å². The van der Waals surface area contributed by atoms with Crippen molar-refractivity contribution < 1.29 is 19.4 Å². The maximum Gasteiger partial charge on any atom is 0.334 e. The number of ether oxygens (including phenoxy) is 1. The predicted octanol–water partition coefficient (Wildman–Crippen LogP) is 2.52. The molecule has 4 atom stereocenters. The Morgan fingerprint density at radius 3 is 2.52 bits per heavy atom. The number of nitrogens with zero attached hydrogens (tertiary/aromatic N) is 1. The second kappa shape index (κ2) is 7.59. The van der Waals surface area contributed by atoms with Crippen molar-refractivity contribution in [1.82, 2.24) is 4.90 Å². The molecule has 5 nitrogen and oxygen atoms in total. The van der Waals surface area contributed by atoms with Gasteiger partial charge < -0.3 is 14.7 Å². The topological polar surface area (TPSA) is 66.8 Å². The quantitative estimate of drug-likeness (QED) is 0.905. The zero-order chi connectivity index (χ0) is 17.0. The lowest BCUT2D eigenvalue weighted by molar-refractivity contribution is -0.167. The average molecular weight is 319 g/mol. The van der Waals surface area contributed by atoms with Gasteiger partial charge in [-0.15, -0.1) is 0 Å². The Balaban J connectivity index is 2.24. The molecule has 126 valence electrons. The van der Waals surface area contributed by atoms with Crippen LogP contribution in [0.3, 0.4) is 0 Å². The number of carbonyl (C=O) groups excluding carboxylic acids is 1. The number of rotatable bonds is 5. The summed E-state index contributed by atoms with van der Waals surface area (Å²) >= 11 is 0. The highest BCUT2D eigenvalue weighted by atomic mass is 16.5. The van der Waals surface area contributed by atoms with Crippen LogP contribution >= 0.6 is 0 Å². The fraction of sp³-hybridized carbons (Fsp3) is 0.556. The zero-order valence-electron chi connectivity index (χ0n) is 13.9. The molecule has 0 aromatic heterocycles. The highest BCUT2D eigenvalue weighted by molar-refractivity contribution is 5.85. The monoisotopic (exact) mass is 319 g/mol. The van der Waals surface area contributed by atoms with Gasteiger partial charge in [0, 0.05) is 6.54 Å². The number of benzene rings is 1. The Kier molecular flexibility index (Phi) is 5.77. The highest BCUT2D eigenvalue weighted by Gasteiger charge is 2.37. The number of amides is 1. The minimum Gasteiger partial charge on any atom is -0.479 e. The Morgan fingerprint density at radius 2 is 1.96 bits per heavy atom. The smallest absolute Gasteiger partial charge is 0.334 e. The maximum absolute atomic E-state index is 13.1. The van der Waals surface area contributed by atoms with Crippen LogP contribution in [0.25, 0.3) is 0 Å². The molecule has 1 aromatic rings. The molecule has 1 fully saturated rings. The summed E-state index contributed by atoms with van der Waals surface area (Å²) in [5.74, 6) is -1.09. The first-order valence-electron chi connectivity index (χ1n) is 8.16. The van der Waals surface area contributed by atoms with E-state index in [0.29, 0.717) is 6.54 Å². The summed E-state index contributed by atoms with van der Waals surface area (Å²) in [5, 5.41) is 9.20. The second-order valence-corrected chi connectivity index (χ2v) is 6.29. The molecule has 1 heterocycles. The maximum atomic E-state index is 13.1. The van der Waals surface area contributed by atoms with E-state index in [1.165, 1.54) is 0 Å². The van der Waals surface area contributed by atoms with Crippen molar-refractivity contribution >= 4 is 11.9 Å². The molecule has 1 saturated heterocycles. The Morgan fingerprint density at radius 1 is 1.30 bits per heavy atom. The van der Waals surface area contributed by atoms with Gasteiger partial charge >= 0.3 is 5.97 Å². The lowest BCUT2D eigenvalue weighted by Gasteiger charge is -2.38. The molecule has 0 saturated carbocycles. The molecule has 0 radical (unpaired) electrons. The molecule has 5 heteroatoms. The van der Waals surface area contributed by atoms with E-state index in [2.05, 4.69) is 13.8 Å². The molecule has 3 unspecified atom stereocenters. The Bertz CT molecular complexity index is 545. The van der Waals surface area contributed by atoms with Gasteiger partial charge in [-0.25, -0.2) is 4.79 Å². The summed E-state index contributed by atoms with van der Waals surface area (Å²) in [7, 11) is 0. The van der Waals surface area contributed by atoms with E-state index in [0.717, 1.165) is 12.0 Å². The molecule has 1 amide bonds. The van der Waals surface area contributed by atoms with Gasteiger partial charge in [-0.05, 0) is 18.4 Å². The SMILES string of the molecule is CCC(C)C(C(=O)N1CC(C(=O)O)O[C@H](C)C1)c1ccccc1. The van der Waals surface area contributed by atoms with Gasteiger partial charge in [-0.2, -0.15) is 0 Å². The molecular weight excluding hydrogens is 294 g/mol. The first-order chi connectivity index (χ1) is 10.9. The van der Waals surface area contributed by atoms with Crippen LogP contribution in [-0.2, 0) is 14.3 Å². The number of hydrogen-bond donors (Lipinski definition) is 1. The fourth-order valence-corrected chi connectivity index (χ4v) is 3.08. The molecule has 1 aliphatic rings. The largest absolute Gasteiger partial charge is 0.479 e. The lowest BCUT2D eigenvalue weighted by Crippen LogP contribution is -2.53. The number of morpholine rings is 1. The molecule has 1 aliphatic heterocycles. The number of aliphatic carboxylic acids is 1.